The molecule has 0 saturated carbocycles. The van der Waals surface area contributed by atoms with E-state index in [-0.39, 0.29) is 24.0 Å². The van der Waals surface area contributed by atoms with Gasteiger partial charge in [-0.15, -0.1) is 0 Å². The normalized spacial score (nSPS) is 15.4. The molecule has 0 aliphatic carbocycles. The van der Waals surface area contributed by atoms with Crippen molar-refractivity contribution in [3.05, 3.63) is 64.1 Å². The highest BCUT2D eigenvalue weighted by Crippen LogP contribution is 2.26. The number of ether oxygens (including phenoxy) is 2. The van der Waals surface area contributed by atoms with Gasteiger partial charge in [0, 0.05) is 18.7 Å². The number of nitrogens with one attached hydrogen (secondary N) is 2. The number of rotatable bonds is 7. The third-order valence-electron chi connectivity index (χ3n) is 4.91. The molecule has 0 bridgehead atoms. The molecule has 1 fully saturated rings. The molecule has 2 aromatic rings. The van der Waals surface area contributed by atoms with E-state index in [2.05, 4.69) is 26.6 Å². The van der Waals surface area contributed by atoms with Crippen LogP contribution < -0.4 is 15.4 Å². The minimum absolute atomic E-state index is 0.0701. The van der Waals surface area contributed by atoms with Crippen LogP contribution in [0.4, 0.5) is 0 Å². The van der Waals surface area contributed by atoms with Crippen LogP contribution in [0.1, 0.15) is 29.3 Å². The Hall–Kier alpha value is -2.98. The van der Waals surface area contributed by atoms with Gasteiger partial charge < -0.3 is 19.7 Å². The van der Waals surface area contributed by atoms with Crippen molar-refractivity contribution in [1.82, 2.24) is 15.5 Å². The molecule has 2 N–H and O–H groups in total. The van der Waals surface area contributed by atoms with Crippen molar-refractivity contribution in [1.29, 1.82) is 0 Å². The molecular weight excluding hydrogens is 510 g/mol. The number of halogens is 1. The Morgan fingerprint density at radius 2 is 2.00 bits per heavy atom. The summed E-state index contributed by atoms with van der Waals surface area (Å²) < 4.78 is 11.4. The smallest absolute Gasteiger partial charge is 0.308 e. The van der Waals surface area contributed by atoms with Gasteiger partial charge in [0.25, 0.3) is 5.91 Å². The van der Waals surface area contributed by atoms with Gasteiger partial charge in [-0.05, 0) is 58.8 Å². The summed E-state index contributed by atoms with van der Waals surface area (Å²) in [4.78, 5) is 39.1. The maximum atomic E-state index is 12.7. The van der Waals surface area contributed by atoms with Crippen molar-refractivity contribution in [3.63, 3.8) is 0 Å². The van der Waals surface area contributed by atoms with Crippen molar-refractivity contribution < 1.29 is 23.9 Å². The summed E-state index contributed by atoms with van der Waals surface area (Å²) in [5.74, 6) is -0.688. The fraction of sp³-hybridized carbons (Fsp3) is 0.304. The first-order valence-electron chi connectivity index (χ1n) is 10.4. The monoisotopic (exact) mass is 533 g/mol. The van der Waals surface area contributed by atoms with E-state index in [1.165, 1.54) is 0 Å². The Kier molecular flexibility index (Phi) is 8.79. The molecule has 2 amide bonds. The average molecular weight is 534 g/mol. The van der Waals surface area contributed by atoms with Crippen LogP contribution in [0.25, 0.3) is 0 Å². The van der Waals surface area contributed by atoms with Gasteiger partial charge in [0.15, 0.2) is 5.11 Å². The van der Waals surface area contributed by atoms with Crippen molar-refractivity contribution in [3.8, 4) is 5.75 Å². The fourth-order valence-electron chi connectivity index (χ4n) is 3.27. The van der Waals surface area contributed by atoms with Crippen LogP contribution in [0.3, 0.4) is 0 Å². The second-order valence-electron chi connectivity index (χ2n) is 7.19. The summed E-state index contributed by atoms with van der Waals surface area (Å²) in [5.41, 5.74) is 1.22. The quantitative estimate of drug-likeness (QED) is 0.417. The molecule has 8 nitrogen and oxygen atoms in total. The maximum Gasteiger partial charge on any atom is 0.308 e. The molecule has 0 spiro atoms. The lowest BCUT2D eigenvalue weighted by Gasteiger charge is -2.36. The average Bonchev–Trinajstić information content (AvgIpc) is 2.81. The van der Waals surface area contributed by atoms with E-state index < -0.39 is 17.9 Å². The third kappa shape index (κ3) is 6.75. The maximum absolute atomic E-state index is 12.7. The zero-order chi connectivity index (χ0) is 23.8. The number of carbonyl (C=O) groups is 3. The highest BCUT2D eigenvalue weighted by atomic mass is 79.9. The molecule has 33 heavy (non-hydrogen) atoms. The predicted octanol–water partition coefficient (Wildman–Crippen LogP) is 2.80. The Morgan fingerprint density at radius 3 is 2.70 bits per heavy atom. The van der Waals surface area contributed by atoms with Crippen LogP contribution in [0.15, 0.2) is 53.0 Å². The third-order valence-corrected chi connectivity index (χ3v) is 5.86. The van der Waals surface area contributed by atoms with Gasteiger partial charge in [-0.3, -0.25) is 19.7 Å². The Balaban J connectivity index is 1.62. The van der Waals surface area contributed by atoms with E-state index in [4.69, 9.17) is 21.7 Å². The standard InChI is InChI=1S/C23H24BrN3O5S/c1-2-31-19-9-8-16(12-17(19)24)21(29)26-23(33)27-11-10-25-22(30)18(27)13-20(28)32-14-15-6-4-3-5-7-15/h3-9,12,18H,2,10-11,13-14H2,1H3,(H,25,30)(H,26,29,33). The van der Waals surface area contributed by atoms with Crippen LogP contribution in [0.5, 0.6) is 5.75 Å². The number of piperazine rings is 1. The molecular formula is C23H24BrN3O5S. The van der Waals surface area contributed by atoms with Gasteiger partial charge >= 0.3 is 5.97 Å². The van der Waals surface area contributed by atoms with E-state index in [0.717, 1.165) is 5.56 Å². The van der Waals surface area contributed by atoms with E-state index in [0.29, 0.717) is 35.5 Å². The number of carbonyl (C=O) groups excluding carboxylic acids is 3. The predicted molar refractivity (Wildman–Crippen MR) is 130 cm³/mol. The Bertz CT molecular complexity index is 1030. The molecule has 2 aromatic carbocycles. The van der Waals surface area contributed by atoms with E-state index in [1.807, 2.05) is 37.3 Å². The highest BCUT2D eigenvalue weighted by molar-refractivity contribution is 9.10. The lowest BCUT2D eigenvalue weighted by atomic mass is 10.1. The molecule has 1 aliphatic heterocycles. The van der Waals surface area contributed by atoms with Crippen molar-refractivity contribution in [2.24, 2.45) is 0 Å². The summed E-state index contributed by atoms with van der Waals surface area (Å²) in [5, 5.41) is 5.45. The van der Waals surface area contributed by atoms with Crippen LogP contribution >= 0.6 is 28.1 Å². The van der Waals surface area contributed by atoms with Gasteiger partial charge in [0.05, 0.1) is 17.5 Å². The molecule has 1 unspecified atom stereocenters. The van der Waals surface area contributed by atoms with Crippen LogP contribution in [0.2, 0.25) is 0 Å². The summed E-state index contributed by atoms with van der Waals surface area (Å²) in [6, 6.07) is 13.3. The summed E-state index contributed by atoms with van der Waals surface area (Å²) in [6.45, 7) is 3.18. The first-order valence-corrected chi connectivity index (χ1v) is 11.6. The number of esters is 1. The van der Waals surface area contributed by atoms with Gasteiger partial charge in [0.2, 0.25) is 5.91 Å². The largest absolute Gasteiger partial charge is 0.493 e. The van der Waals surface area contributed by atoms with Gasteiger partial charge in [-0.2, -0.15) is 0 Å². The SMILES string of the molecule is CCOc1ccc(C(=O)NC(=S)N2CCNC(=O)C2CC(=O)OCc2ccccc2)cc1Br. The number of benzene rings is 2. The zero-order valence-electron chi connectivity index (χ0n) is 18.0. The molecule has 1 aliphatic rings. The minimum Gasteiger partial charge on any atom is -0.493 e. The van der Waals surface area contributed by atoms with Crippen LogP contribution in [-0.2, 0) is 20.9 Å². The Labute approximate surface area is 205 Å². The first kappa shape index (κ1) is 24.7. The molecule has 1 atom stereocenters. The molecule has 0 aromatic heterocycles. The lowest BCUT2D eigenvalue weighted by molar-refractivity contribution is -0.148. The number of amides is 2. The molecule has 1 heterocycles. The van der Waals surface area contributed by atoms with E-state index in [1.54, 1.807) is 23.1 Å². The van der Waals surface area contributed by atoms with Crippen molar-refractivity contribution in [2.75, 3.05) is 19.7 Å². The topological polar surface area (TPSA) is 97.0 Å². The number of hydrogen-bond acceptors (Lipinski definition) is 6. The molecule has 3 rings (SSSR count). The Morgan fingerprint density at radius 1 is 1.24 bits per heavy atom. The van der Waals surface area contributed by atoms with Crippen LogP contribution in [0, 0.1) is 0 Å². The van der Waals surface area contributed by atoms with Gasteiger partial charge in [-0.1, -0.05) is 30.3 Å². The van der Waals surface area contributed by atoms with E-state index in [9.17, 15) is 14.4 Å². The van der Waals surface area contributed by atoms with Gasteiger partial charge in [0.1, 0.15) is 18.4 Å². The number of hydrogen-bond donors (Lipinski definition) is 2. The fourth-order valence-corrected chi connectivity index (χ4v) is 4.08. The van der Waals surface area contributed by atoms with Gasteiger partial charge in [-0.25, -0.2) is 0 Å². The lowest BCUT2D eigenvalue weighted by Crippen LogP contribution is -2.60. The summed E-state index contributed by atoms with van der Waals surface area (Å²) in [7, 11) is 0. The molecule has 1 saturated heterocycles. The highest BCUT2D eigenvalue weighted by Gasteiger charge is 2.34. The van der Waals surface area contributed by atoms with Crippen LogP contribution in [-0.4, -0.2) is 53.5 Å². The number of thiocarbonyl (C=S) groups is 1. The second-order valence-corrected chi connectivity index (χ2v) is 8.43. The molecule has 0 radical (unpaired) electrons. The second kappa shape index (κ2) is 11.8. The van der Waals surface area contributed by atoms with Crippen molar-refractivity contribution >= 4 is 51.0 Å². The zero-order valence-corrected chi connectivity index (χ0v) is 20.4. The molecule has 10 heteroatoms. The first-order chi connectivity index (χ1) is 15.9. The minimum atomic E-state index is -0.873. The summed E-state index contributed by atoms with van der Waals surface area (Å²) >= 11 is 8.78. The molecule has 174 valence electrons. The van der Waals surface area contributed by atoms with E-state index >= 15 is 0 Å². The van der Waals surface area contributed by atoms with Crippen molar-refractivity contribution in [2.45, 2.75) is 26.0 Å². The number of nitrogens with zero attached hydrogens (tertiary/aromatic N) is 1. The summed E-state index contributed by atoms with van der Waals surface area (Å²) in [6.07, 6.45) is -0.191.